The lowest BCUT2D eigenvalue weighted by Gasteiger charge is -2.35. The van der Waals surface area contributed by atoms with Gasteiger partial charge in [-0.15, -0.1) is 0 Å². The van der Waals surface area contributed by atoms with E-state index in [1.807, 2.05) is 0 Å². The second-order valence-corrected chi connectivity index (χ2v) is 6.14. The normalized spacial score (nSPS) is 23.6. The molecule has 19 heavy (non-hydrogen) atoms. The Kier molecular flexibility index (Phi) is 4.07. The molecule has 1 aliphatic heterocycles. The van der Waals surface area contributed by atoms with Crippen molar-refractivity contribution in [1.29, 1.82) is 0 Å². The second-order valence-electron chi connectivity index (χ2n) is 6.14. The summed E-state index contributed by atoms with van der Waals surface area (Å²) < 4.78 is 0. The fourth-order valence-corrected chi connectivity index (χ4v) is 3.09. The van der Waals surface area contributed by atoms with Crippen LogP contribution in [0.15, 0.2) is 24.3 Å². The average Bonchev–Trinajstić information content (AvgIpc) is 3.24. The SMILES string of the molecule is CCCc1ccc(N2CCCC(NC3CC3)C2)cc1. The summed E-state index contributed by atoms with van der Waals surface area (Å²) in [5.41, 5.74) is 2.87. The molecule has 1 unspecified atom stereocenters. The Morgan fingerprint density at radius 1 is 1.11 bits per heavy atom. The van der Waals surface area contributed by atoms with E-state index in [2.05, 4.69) is 41.4 Å². The predicted molar refractivity (Wildman–Crippen MR) is 81.8 cm³/mol. The van der Waals surface area contributed by atoms with Gasteiger partial charge in [0.25, 0.3) is 0 Å². The maximum absolute atomic E-state index is 3.78. The van der Waals surface area contributed by atoms with Crippen molar-refractivity contribution in [3.63, 3.8) is 0 Å². The van der Waals surface area contributed by atoms with Gasteiger partial charge in [0.15, 0.2) is 0 Å². The van der Waals surface area contributed by atoms with Crippen molar-refractivity contribution in [3.05, 3.63) is 29.8 Å². The molecule has 0 aromatic heterocycles. The van der Waals surface area contributed by atoms with E-state index in [-0.39, 0.29) is 0 Å². The van der Waals surface area contributed by atoms with Crippen LogP contribution in [0.5, 0.6) is 0 Å². The molecule has 104 valence electrons. The van der Waals surface area contributed by atoms with Gasteiger partial charge in [-0.2, -0.15) is 0 Å². The quantitative estimate of drug-likeness (QED) is 0.871. The van der Waals surface area contributed by atoms with Gasteiger partial charge in [-0.3, -0.25) is 0 Å². The molecule has 2 nitrogen and oxygen atoms in total. The molecule has 1 saturated heterocycles. The minimum atomic E-state index is 0.705. The number of nitrogens with zero attached hydrogens (tertiary/aromatic N) is 1. The van der Waals surface area contributed by atoms with Gasteiger partial charge in [-0.25, -0.2) is 0 Å². The zero-order chi connectivity index (χ0) is 13.1. The largest absolute Gasteiger partial charge is 0.370 e. The van der Waals surface area contributed by atoms with Crippen LogP contribution in [0.4, 0.5) is 5.69 Å². The highest BCUT2D eigenvalue weighted by atomic mass is 15.2. The fourth-order valence-electron chi connectivity index (χ4n) is 3.09. The van der Waals surface area contributed by atoms with Crippen LogP contribution < -0.4 is 10.2 Å². The molecule has 0 radical (unpaired) electrons. The summed E-state index contributed by atoms with van der Waals surface area (Å²) in [7, 11) is 0. The van der Waals surface area contributed by atoms with Crippen LogP contribution in [0, 0.1) is 0 Å². The number of hydrogen-bond donors (Lipinski definition) is 1. The fraction of sp³-hybridized carbons (Fsp3) is 0.647. The molecule has 2 aliphatic rings. The molecule has 1 aromatic rings. The van der Waals surface area contributed by atoms with Gasteiger partial charge in [-0.05, 0) is 49.8 Å². The first-order valence-electron chi connectivity index (χ1n) is 7.95. The van der Waals surface area contributed by atoms with E-state index in [0.717, 1.165) is 6.04 Å². The Morgan fingerprint density at radius 2 is 1.89 bits per heavy atom. The van der Waals surface area contributed by atoms with Crippen molar-refractivity contribution in [1.82, 2.24) is 5.32 Å². The minimum absolute atomic E-state index is 0.705. The van der Waals surface area contributed by atoms with Crippen LogP contribution in [0.3, 0.4) is 0 Å². The Balaban J connectivity index is 1.60. The first-order chi connectivity index (χ1) is 9.35. The van der Waals surface area contributed by atoms with Gasteiger partial charge in [0.2, 0.25) is 0 Å². The van der Waals surface area contributed by atoms with E-state index in [1.54, 1.807) is 0 Å². The second kappa shape index (κ2) is 5.96. The Labute approximate surface area is 117 Å². The summed E-state index contributed by atoms with van der Waals surface area (Å²) in [6.07, 6.45) is 7.88. The average molecular weight is 258 g/mol. The third kappa shape index (κ3) is 3.50. The summed E-state index contributed by atoms with van der Waals surface area (Å²) in [5, 5.41) is 3.78. The number of rotatable bonds is 5. The van der Waals surface area contributed by atoms with Gasteiger partial charge >= 0.3 is 0 Å². The summed E-state index contributed by atoms with van der Waals surface area (Å²) in [4.78, 5) is 2.55. The van der Waals surface area contributed by atoms with Crippen LogP contribution in [-0.4, -0.2) is 25.2 Å². The van der Waals surface area contributed by atoms with E-state index in [1.165, 1.54) is 62.9 Å². The molecule has 0 spiro atoms. The molecule has 1 aromatic carbocycles. The van der Waals surface area contributed by atoms with Crippen molar-refractivity contribution in [2.45, 2.75) is 57.5 Å². The van der Waals surface area contributed by atoms with Gasteiger partial charge in [-0.1, -0.05) is 25.5 Å². The Hall–Kier alpha value is -1.02. The summed E-state index contributed by atoms with van der Waals surface area (Å²) in [6, 6.07) is 10.8. The molecule has 1 heterocycles. The highest BCUT2D eigenvalue weighted by Crippen LogP contribution is 2.24. The molecule has 1 atom stereocenters. The number of nitrogens with one attached hydrogen (secondary N) is 1. The topological polar surface area (TPSA) is 15.3 Å². The summed E-state index contributed by atoms with van der Waals surface area (Å²) in [5.74, 6) is 0. The van der Waals surface area contributed by atoms with Crippen LogP contribution in [-0.2, 0) is 6.42 Å². The zero-order valence-corrected chi connectivity index (χ0v) is 12.1. The van der Waals surface area contributed by atoms with E-state index in [0.29, 0.717) is 6.04 Å². The smallest absolute Gasteiger partial charge is 0.0366 e. The Morgan fingerprint density at radius 3 is 2.58 bits per heavy atom. The monoisotopic (exact) mass is 258 g/mol. The number of anilines is 1. The van der Waals surface area contributed by atoms with E-state index in [4.69, 9.17) is 0 Å². The molecular weight excluding hydrogens is 232 g/mol. The van der Waals surface area contributed by atoms with Gasteiger partial charge in [0, 0.05) is 30.9 Å². The molecular formula is C17H26N2. The molecule has 1 saturated carbocycles. The maximum Gasteiger partial charge on any atom is 0.0366 e. The number of aryl methyl sites for hydroxylation is 1. The standard InChI is InChI=1S/C17H26N2/c1-2-4-14-6-10-17(11-7-14)19-12-3-5-16(13-19)18-15-8-9-15/h6-7,10-11,15-16,18H,2-5,8-9,12-13H2,1H3. The molecule has 1 aliphatic carbocycles. The molecule has 0 bridgehead atoms. The van der Waals surface area contributed by atoms with Crippen molar-refractivity contribution in [3.8, 4) is 0 Å². The highest BCUT2D eigenvalue weighted by Gasteiger charge is 2.27. The van der Waals surface area contributed by atoms with Crippen LogP contribution in [0.25, 0.3) is 0 Å². The number of hydrogen-bond acceptors (Lipinski definition) is 2. The highest BCUT2D eigenvalue weighted by molar-refractivity contribution is 5.48. The number of benzene rings is 1. The molecule has 1 N–H and O–H groups in total. The summed E-state index contributed by atoms with van der Waals surface area (Å²) in [6.45, 7) is 4.65. The predicted octanol–water partition coefficient (Wildman–Crippen LogP) is 3.36. The van der Waals surface area contributed by atoms with Gasteiger partial charge < -0.3 is 10.2 Å². The van der Waals surface area contributed by atoms with Crippen LogP contribution in [0.1, 0.15) is 44.6 Å². The number of piperidine rings is 1. The van der Waals surface area contributed by atoms with Crippen LogP contribution >= 0.6 is 0 Å². The van der Waals surface area contributed by atoms with Gasteiger partial charge in [0.1, 0.15) is 0 Å². The van der Waals surface area contributed by atoms with Crippen molar-refractivity contribution in [2.75, 3.05) is 18.0 Å². The van der Waals surface area contributed by atoms with Crippen molar-refractivity contribution < 1.29 is 0 Å². The first-order valence-corrected chi connectivity index (χ1v) is 7.95. The van der Waals surface area contributed by atoms with Gasteiger partial charge in [0.05, 0.1) is 0 Å². The zero-order valence-electron chi connectivity index (χ0n) is 12.1. The third-order valence-electron chi connectivity index (χ3n) is 4.31. The molecule has 0 amide bonds. The van der Waals surface area contributed by atoms with E-state index >= 15 is 0 Å². The minimum Gasteiger partial charge on any atom is -0.370 e. The van der Waals surface area contributed by atoms with Crippen LogP contribution in [0.2, 0.25) is 0 Å². The van der Waals surface area contributed by atoms with Crippen molar-refractivity contribution in [2.24, 2.45) is 0 Å². The maximum atomic E-state index is 3.78. The summed E-state index contributed by atoms with van der Waals surface area (Å²) >= 11 is 0. The molecule has 2 fully saturated rings. The van der Waals surface area contributed by atoms with E-state index in [9.17, 15) is 0 Å². The van der Waals surface area contributed by atoms with E-state index < -0.39 is 0 Å². The molecule has 2 heteroatoms. The third-order valence-corrected chi connectivity index (χ3v) is 4.31. The lowest BCUT2D eigenvalue weighted by Crippen LogP contribution is -2.46. The molecule has 3 rings (SSSR count). The van der Waals surface area contributed by atoms with Crippen molar-refractivity contribution >= 4 is 5.69 Å². The lowest BCUT2D eigenvalue weighted by atomic mass is 10.0. The Bertz CT molecular complexity index is 394. The first kappa shape index (κ1) is 13.0. The lowest BCUT2D eigenvalue weighted by molar-refractivity contribution is 0.420.